The standard InChI is InChI=1S/C18H20N2O3/c1-13(15-8-4-3-5-9-15)19-18(22)20-16-10-6-7-14(11-16)12-17(21)23-2/h3-11,13H,12H2,1-2H3,(H2,19,20,22)/t13-/m1/s1. The second kappa shape index (κ2) is 7.98. The lowest BCUT2D eigenvalue weighted by atomic mass is 10.1. The van der Waals surface area contributed by atoms with Crippen molar-refractivity contribution in [2.45, 2.75) is 19.4 Å². The minimum absolute atomic E-state index is 0.102. The number of rotatable bonds is 5. The lowest BCUT2D eigenvalue weighted by Gasteiger charge is -2.15. The maximum atomic E-state index is 12.1. The zero-order chi connectivity index (χ0) is 16.7. The number of carbonyl (C=O) groups is 2. The number of urea groups is 1. The van der Waals surface area contributed by atoms with E-state index in [2.05, 4.69) is 15.4 Å². The summed E-state index contributed by atoms with van der Waals surface area (Å²) >= 11 is 0. The van der Waals surface area contributed by atoms with Crippen molar-refractivity contribution >= 4 is 17.7 Å². The lowest BCUT2D eigenvalue weighted by Crippen LogP contribution is -2.31. The molecule has 0 aliphatic heterocycles. The number of ether oxygens (including phenoxy) is 1. The first-order valence-electron chi connectivity index (χ1n) is 7.36. The summed E-state index contributed by atoms with van der Waals surface area (Å²) in [7, 11) is 1.35. The first-order valence-corrected chi connectivity index (χ1v) is 7.36. The van der Waals surface area contributed by atoms with E-state index in [-0.39, 0.29) is 24.5 Å². The Labute approximate surface area is 135 Å². The summed E-state index contributed by atoms with van der Waals surface area (Å²) in [5.74, 6) is -0.315. The van der Waals surface area contributed by atoms with Crippen molar-refractivity contribution in [2.24, 2.45) is 0 Å². The SMILES string of the molecule is COC(=O)Cc1cccc(NC(=O)N[C@H](C)c2ccccc2)c1. The number of hydrogen-bond donors (Lipinski definition) is 2. The number of hydrogen-bond acceptors (Lipinski definition) is 3. The molecule has 0 aliphatic carbocycles. The number of esters is 1. The largest absolute Gasteiger partial charge is 0.469 e. The molecular formula is C18H20N2O3. The molecule has 2 aromatic carbocycles. The van der Waals surface area contributed by atoms with E-state index >= 15 is 0 Å². The molecule has 0 aromatic heterocycles. The van der Waals surface area contributed by atoms with Crippen LogP contribution in [0.5, 0.6) is 0 Å². The molecule has 0 saturated carbocycles. The van der Waals surface area contributed by atoms with E-state index in [1.807, 2.05) is 43.3 Å². The van der Waals surface area contributed by atoms with Crippen LogP contribution in [0.3, 0.4) is 0 Å². The van der Waals surface area contributed by atoms with Crippen LogP contribution in [0.15, 0.2) is 54.6 Å². The van der Waals surface area contributed by atoms with Crippen LogP contribution in [0.25, 0.3) is 0 Å². The number of nitrogens with one attached hydrogen (secondary N) is 2. The van der Waals surface area contributed by atoms with Crippen molar-refractivity contribution in [3.8, 4) is 0 Å². The molecule has 0 aliphatic rings. The molecule has 0 saturated heterocycles. The average Bonchev–Trinajstić information content (AvgIpc) is 2.55. The second-order valence-electron chi connectivity index (χ2n) is 5.18. The smallest absolute Gasteiger partial charge is 0.319 e. The van der Waals surface area contributed by atoms with Gasteiger partial charge in [-0.05, 0) is 30.2 Å². The van der Waals surface area contributed by atoms with Gasteiger partial charge in [0.25, 0.3) is 0 Å². The van der Waals surface area contributed by atoms with Crippen LogP contribution in [-0.2, 0) is 16.0 Å². The molecule has 5 heteroatoms. The third-order valence-electron chi connectivity index (χ3n) is 3.41. The molecule has 2 amide bonds. The molecule has 0 spiro atoms. The minimum Gasteiger partial charge on any atom is -0.469 e. The molecule has 2 rings (SSSR count). The first kappa shape index (κ1) is 16.5. The Morgan fingerprint density at radius 2 is 1.83 bits per heavy atom. The Hall–Kier alpha value is -2.82. The molecule has 120 valence electrons. The van der Waals surface area contributed by atoms with Crippen LogP contribution >= 0.6 is 0 Å². The molecule has 0 radical (unpaired) electrons. The highest BCUT2D eigenvalue weighted by molar-refractivity contribution is 5.89. The fraction of sp³-hybridized carbons (Fsp3) is 0.222. The van der Waals surface area contributed by atoms with Gasteiger partial charge in [0.15, 0.2) is 0 Å². The summed E-state index contributed by atoms with van der Waals surface area (Å²) in [6.45, 7) is 1.92. The van der Waals surface area contributed by atoms with Gasteiger partial charge in [-0.1, -0.05) is 42.5 Å². The number of anilines is 1. The number of carbonyl (C=O) groups excluding carboxylic acids is 2. The Kier molecular flexibility index (Phi) is 5.74. The molecule has 0 bridgehead atoms. The molecule has 0 fully saturated rings. The summed E-state index contributed by atoms with van der Waals surface area (Å²) in [5.41, 5.74) is 2.44. The number of methoxy groups -OCH3 is 1. The quantitative estimate of drug-likeness (QED) is 0.833. The van der Waals surface area contributed by atoms with Gasteiger partial charge in [0.2, 0.25) is 0 Å². The van der Waals surface area contributed by atoms with Crippen molar-refractivity contribution < 1.29 is 14.3 Å². The Balaban J connectivity index is 1.95. The molecule has 23 heavy (non-hydrogen) atoms. The fourth-order valence-corrected chi connectivity index (χ4v) is 2.19. The predicted octanol–water partition coefficient (Wildman–Crippen LogP) is 3.28. The van der Waals surface area contributed by atoms with Gasteiger partial charge in [-0.25, -0.2) is 4.79 Å². The van der Waals surface area contributed by atoms with E-state index in [0.29, 0.717) is 5.69 Å². The van der Waals surface area contributed by atoms with E-state index in [1.165, 1.54) is 7.11 Å². The summed E-state index contributed by atoms with van der Waals surface area (Å²) in [5, 5.41) is 5.65. The van der Waals surface area contributed by atoms with Gasteiger partial charge in [0, 0.05) is 5.69 Å². The highest BCUT2D eigenvalue weighted by Gasteiger charge is 2.10. The molecule has 2 aromatic rings. The van der Waals surface area contributed by atoms with E-state index in [1.54, 1.807) is 18.2 Å². The summed E-state index contributed by atoms with van der Waals surface area (Å²) in [4.78, 5) is 23.4. The first-order chi connectivity index (χ1) is 11.1. The van der Waals surface area contributed by atoms with Gasteiger partial charge in [0.1, 0.15) is 0 Å². The summed E-state index contributed by atoms with van der Waals surface area (Å²) in [6.07, 6.45) is 0.175. The Morgan fingerprint density at radius 3 is 2.52 bits per heavy atom. The van der Waals surface area contributed by atoms with Crippen LogP contribution in [0.4, 0.5) is 10.5 Å². The van der Waals surface area contributed by atoms with E-state index < -0.39 is 0 Å². The van der Waals surface area contributed by atoms with Gasteiger partial charge in [0.05, 0.1) is 19.6 Å². The maximum Gasteiger partial charge on any atom is 0.319 e. The van der Waals surface area contributed by atoms with E-state index in [0.717, 1.165) is 11.1 Å². The maximum absolute atomic E-state index is 12.1. The van der Waals surface area contributed by atoms with Gasteiger partial charge in [-0.15, -0.1) is 0 Å². The third-order valence-corrected chi connectivity index (χ3v) is 3.41. The van der Waals surface area contributed by atoms with Gasteiger partial charge in [-0.2, -0.15) is 0 Å². The minimum atomic E-state index is -0.315. The van der Waals surface area contributed by atoms with Gasteiger partial charge in [-0.3, -0.25) is 4.79 Å². The topological polar surface area (TPSA) is 67.4 Å². The third kappa shape index (κ3) is 5.14. The zero-order valence-corrected chi connectivity index (χ0v) is 13.2. The van der Waals surface area contributed by atoms with Crippen molar-refractivity contribution in [3.05, 3.63) is 65.7 Å². The number of benzene rings is 2. The normalized spacial score (nSPS) is 11.4. The van der Waals surface area contributed by atoms with Crippen LogP contribution in [0, 0.1) is 0 Å². The molecule has 1 atom stereocenters. The lowest BCUT2D eigenvalue weighted by molar-refractivity contribution is -0.139. The van der Waals surface area contributed by atoms with Crippen LogP contribution in [-0.4, -0.2) is 19.1 Å². The zero-order valence-electron chi connectivity index (χ0n) is 13.2. The monoisotopic (exact) mass is 312 g/mol. The van der Waals surface area contributed by atoms with Crippen LogP contribution in [0.1, 0.15) is 24.1 Å². The van der Waals surface area contributed by atoms with Crippen molar-refractivity contribution in [3.63, 3.8) is 0 Å². The molecule has 2 N–H and O–H groups in total. The van der Waals surface area contributed by atoms with Gasteiger partial charge >= 0.3 is 12.0 Å². The van der Waals surface area contributed by atoms with Crippen molar-refractivity contribution in [1.29, 1.82) is 0 Å². The number of amides is 2. The molecule has 0 heterocycles. The average molecular weight is 312 g/mol. The van der Waals surface area contributed by atoms with Crippen LogP contribution in [0.2, 0.25) is 0 Å². The molecule has 0 unspecified atom stereocenters. The Morgan fingerprint density at radius 1 is 1.09 bits per heavy atom. The van der Waals surface area contributed by atoms with Crippen molar-refractivity contribution in [2.75, 3.05) is 12.4 Å². The van der Waals surface area contributed by atoms with Gasteiger partial charge < -0.3 is 15.4 Å². The van der Waals surface area contributed by atoms with Crippen LogP contribution < -0.4 is 10.6 Å². The van der Waals surface area contributed by atoms with E-state index in [9.17, 15) is 9.59 Å². The van der Waals surface area contributed by atoms with Crippen molar-refractivity contribution in [1.82, 2.24) is 5.32 Å². The highest BCUT2D eigenvalue weighted by atomic mass is 16.5. The summed E-state index contributed by atoms with van der Waals surface area (Å²) < 4.78 is 4.64. The highest BCUT2D eigenvalue weighted by Crippen LogP contribution is 2.14. The fourth-order valence-electron chi connectivity index (χ4n) is 2.19. The summed E-state index contributed by atoms with van der Waals surface area (Å²) in [6, 6.07) is 16.4. The Bertz CT molecular complexity index is 671. The molecular weight excluding hydrogens is 292 g/mol. The second-order valence-corrected chi connectivity index (χ2v) is 5.18. The predicted molar refractivity (Wildman–Crippen MR) is 89.2 cm³/mol. The van der Waals surface area contributed by atoms with E-state index in [4.69, 9.17) is 0 Å². The molecule has 5 nitrogen and oxygen atoms in total.